The Morgan fingerprint density at radius 1 is 1.19 bits per heavy atom. The number of sulfone groups is 1. The zero-order valence-electron chi connectivity index (χ0n) is 17.0. The Bertz CT molecular complexity index is 1200. The highest BCUT2D eigenvalue weighted by atomic mass is 35.5. The van der Waals surface area contributed by atoms with E-state index in [0.717, 1.165) is 18.4 Å². The quantitative estimate of drug-likeness (QED) is 0.371. The van der Waals surface area contributed by atoms with Gasteiger partial charge < -0.3 is 15.0 Å². The summed E-state index contributed by atoms with van der Waals surface area (Å²) in [5, 5.41) is 4.50. The number of hydrogen-bond donors (Lipinski definition) is 1. The number of halogens is 2. The number of fused-ring (bicyclic) bond motifs is 1. The minimum atomic E-state index is -3.73. The van der Waals surface area contributed by atoms with Crippen LogP contribution in [0.15, 0.2) is 59.3 Å². The predicted molar refractivity (Wildman–Crippen MR) is 120 cm³/mol. The minimum absolute atomic E-state index is 0.0395. The number of anilines is 2. The summed E-state index contributed by atoms with van der Waals surface area (Å²) in [6.45, 7) is 1.27. The average Bonchev–Trinajstić information content (AvgIpc) is 2.73. The van der Waals surface area contributed by atoms with E-state index in [-0.39, 0.29) is 9.92 Å². The normalized spacial score (nSPS) is 12.0. The molecule has 0 aliphatic rings. The van der Waals surface area contributed by atoms with Crippen molar-refractivity contribution in [2.24, 2.45) is 0 Å². The van der Waals surface area contributed by atoms with Gasteiger partial charge in [0.1, 0.15) is 18.0 Å². The lowest BCUT2D eigenvalue weighted by atomic mass is 10.2. The molecule has 7 nitrogen and oxygen atoms in total. The first kappa shape index (κ1) is 22.9. The van der Waals surface area contributed by atoms with Crippen LogP contribution >= 0.6 is 11.6 Å². The average molecular weight is 465 g/mol. The lowest BCUT2D eigenvalue weighted by molar-refractivity contribution is 0.228. The van der Waals surface area contributed by atoms with Crippen LogP contribution in [0.4, 0.5) is 15.9 Å². The summed E-state index contributed by atoms with van der Waals surface area (Å²) in [6.07, 6.45) is 3.33. The van der Waals surface area contributed by atoms with E-state index in [1.54, 1.807) is 6.07 Å². The molecule has 2 aromatic carbocycles. The molecule has 0 aliphatic carbocycles. The number of rotatable bonds is 9. The van der Waals surface area contributed by atoms with Crippen LogP contribution in [0.3, 0.4) is 0 Å². The molecule has 1 N–H and O–H groups in total. The van der Waals surface area contributed by atoms with Crippen LogP contribution in [-0.4, -0.2) is 50.5 Å². The molecule has 0 bridgehead atoms. The number of benzene rings is 2. The second-order valence-electron chi connectivity index (χ2n) is 7.00. The number of ether oxygens (including phenoxy) is 1. The van der Waals surface area contributed by atoms with E-state index in [0.29, 0.717) is 29.0 Å². The van der Waals surface area contributed by atoms with Crippen LogP contribution in [0.5, 0.6) is 0 Å². The van der Waals surface area contributed by atoms with Crippen molar-refractivity contribution in [3.63, 3.8) is 0 Å². The Hall–Kier alpha value is -2.75. The smallest absolute Gasteiger partial charge is 0.202 e. The largest absolute Gasteiger partial charge is 0.500 e. The summed E-state index contributed by atoms with van der Waals surface area (Å²) >= 11 is 5.83. The fourth-order valence-electron chi connectivity index (χ4n) is 2.75. The highest BCUT2D eigenvalue weighted by Gasteiger charge is 2.14. The third-order valence-electron chi connectivity index (χ3n) is 4.32. The lowest BCUT2D eigenvalue weighted by Crippen LogP contribution is -2.14. The van der Waals surface area contributed by atoms with E-state index in [2.05, 4.69) is 15.3 Å². The van der Waals surface area contributed by atoms with Gasteiger partial charge in [0.25, 0.3) is 0 Å². The highest BCUT2D eigenvalue weighted by Crippen LogP contribution is 2.28. The van der Waals surface area contributed by atoms with Gasteiger partial charge >= 0.3 is 0 Å². The molecule has 0 atom stereocenters. The van der Waals surface area contributed by atoms with Gasteiger partial charge in [-0.2, -0.15) is 0 Å². The van der Waals surface area contributed by atoms with Crippen LogP contribution in [0.2, 0.25) is 5.02 Å². The van der Waals surface area contributed by atoms with Crippen LogP contribution < -0.4 is 5.32 Å². The Labute approximate surface area is 185 Å². The van der Waals surface area contributed by atoms with Crippen LogP contribution in [0.25, 0.3) is 10.9 Å². The first-order valence-electron chi connectivity index (χ1n) is 9.41. The van der Waals surface area contributed by atoms with Crippen molar-refractivity contribution < 1.29 is 17.5 Å². The van der Waals surface area contributed by atoms with Gasteiger partial charge in [0.2, 0.25) is 9.84 Å². The maximum absolute atomic E-state index is 13.4. The maximum Gasteiger partial charge on any atom is 0.202 e. The topological polar surface area (TPSA) is 84.4 Å². The Balaban J connectivity index is 1.82. The molecule has 0 unspecified atom stereocenters. The van der Waals surface area contributed by atoms with Gasteiger partial charge in [-0.25, -0.2) is 22.8 Å². The van der Waals surface area contributed by atoms with Crippen LogP contribution in [-0.2, 0) is 14.6 Å². The number of nitrogens with zero attached hydrogens (tertiary/aromatic N) is 3. The molecule has 164 valence electrons. The van der Waals surface area contributed by atoms with E-state index >= 15 is 0 Å². The van der Waals surface area contributed by atoms with E-state index in [1.165, 1.54) is 42.9 Å². The van der Waals surface area contributed by atoms with Crippen molar-refractivity contribution in [3.8, 4) is 0 Å². The van der Waals surface area contributed by atoms with Crippen molar-refractivity contribution >= 4 is 43.8 Å². The first-order valence-corrected chi connectivity index (χ1v) is 11.3. The lowest BCUT2D eigenvalue weighted by Gasteiger charge is -2.10. The van der Waals surface area contributed by atoms with Crippen molar-refractivity contribution in [3.05, 3.63) is 65.2 Å². The van der Waals surface area contributed by atoms with E-state index in [4.69, 9.17) is 16.3 Å². The second-order valence-corrected chi connectivity index (χ2v) is 9.24. The third kappa shape index (κ3) is 6.13. The van der Waals surface area contributed by atoms with Crippen molar-refractivity contribution in [2.45, 2.75) is 11.3 Å². The molecule has 0 spiro atoms. The number of nitrogens with one attached hydrogen (secondary N) is 1. The molecule has 1 heterocycles. The second kappa shape index (κ2) is 10.0. The highest BCUT2D eigenvalue weighted by molar-refractivity contribution is 7.94. The van der Waals surface area contributed by atoms with Crippen molar-refractivity contribution in [2.75, 3.05) is 32.6 Å². The molecular formula is C21H22ClFN4O3S. The van der Waals surface area contributed by atoms with Gasteiger partial charge in [-0.15, -0.1) is 0 Å². The van der Waals surface area contributed by atoms with Gasteiger partial charge in [-0.1, -0.05) is 11.6 Å². The fourth-order valence-corrected chi connectivity index (χ4v) is 3.85. The van der Waals surface area contributed by atoms with E-state index in [9.17, 15) is 12.8 Å². The Morgan fingerprint density at radius 3 is 2.74 bits per heavy atom. The summed E-state index contributed by atoms with van der Waals surface area (Å²) in [6, 6.07) is 8.70. The van der Waals surface area contributed by atoms with Gasteiger partial charge in [-0.3, -0.25) is 0 Å². The number of hydrogen-bond acceptors (Lipinski definition) is 7. The fraction of sp³-hybridized carbons (Fsp3) is 0.238. The van der Waals surface area contributed by atoms with Gasteiger partial charge in [0.05, 0.1) is 33.7 Å². The standard InChI is InChI=1S/C21H22ClFN4O3S/c1-27(2)8-3-9-30-10-11-31(28,29)16-5-7-20-17(13-16)21(25-14-24-20)26-15-4-6-19(23)18(22)12-15/h4-7,10-14H,3,8-9H2,1-2H3,(H,24,25,26)/b11-10+. The molecule has 0 aliphatic heterocycles. The monoisotopic (exact) mass is 464 g/mol. The zero-order valence-corrected chi connectivity index (χ0v) is 18.6. The molecule has 0 amide bonds. The summed E-state index contributed by atoms with van der Waals surface area (Å²) in [7, 11) is 0.185. The van der Waals surface area contributed by atoms with Crippen LogP contribution in [0, 0.1) is 5.82 Å². The van der Waals surface area contributed by atoms with Gasteiger partial charge in [-0.05, 0) is 56.9 Å². The van der Waals surface area contributed by atoms with E-state index < -0.39 is 15.7 Å². The molecule has 3 aromatic rings. The van der Waals surface area contributed by atoms with E-state index in [1.807, 2.05) is 19.0 Å². The summed E-state index contributed by atoms with van der Waals surface area (Å²) in [5.74, 6) is -0.169. The SMILES string of the molecule is CN(C)CCCO/C=C/S(=O)(=O)c1ccc2ncnc(Nc3ccc(F)c(Cl)c3)c2c1. The maximum atomic E-state index is 13.4. The molecule has 0 saturated carbocycles. The molecule has 1 aromatic heterocycles. The third-order valence-corrected chi connectivity index (χ3v) is 5.99. The molecule has 3 rings (SSSR count). The molecule has 0 radical (unpaired) electrons. The predicted octanol–water partition coefficient (Wildman–Crippen LogP) is 4.38. The Morgan fingerprint density at radius 2 is 2.00 bits per heavy atom. The molecule has 31 heavy (non-hydrogen) atoms. The summed E-state index contributed by atoms with van der Waals surface area (Å²) < 4.78 is 44.0. The molecule has 10 heteroatoms. The molecule has 0 saturated heterocycles. The first-order chi connectivity index (χ1) is 14.8. The minimum Gasteiger partial charge on any atom is -0.500 e. The van der Waals surface area contributed by atoms with Gasteiger partial charge in [0.15, 0.2) is 0 Å². The molecule has 0 fully saturated rings. The number of aromatic nitrogens is 2. The summed E-state index contributed by atoms with van der Waals surface area (Å²) in [4.78, 5) is 10.4. The zero-order chi connectivity index (χ0) is 22.4. The van der Waals surface area contributed by atoms with Crippen LogP contribution in [0.1, 0.15) is 6.42 Å². The molecular weight excluding hydrogens is 443 g/mol. The summed E-state index contributed by atoms with van der Waals surface area (Å²) in [5.41, 5.74) is 1.05. The van der Waals surface area contributed by atoms with Crippen molar-refractivity contribution in [1.82, 2.24) is 14.9 Å². The van der Waals surface area contributed by atoms with Gasteiger partial charge in [0, 0.05) is 17.6 Å². The van der Waals surface area contributed by atoms with Crippen molar-refractivity contribution in [1.29, 1.82) is 0 Å². The Kier molecular flexibility index (Phi) is 7.42.